The zero-order valence-corrected chi connectivity index (χ0v) is 13.5. The second-order valence-electron chi connectivity index (χ2n) is 5.02. The highest BCUT2D eigenvalue weighted by Crippen LogP contribution is 2.25. The van der Waals surface area contributed by atoms with Crippen LogP contribution in [0.5, 0.6) is 5.75 Å². The summed E-state index contributed by atoms with van der Waals surface area (Å²) in [4.78, 5) is 0. The van der Waals surface area contributed by atoms with E-state index in [2.05, 4.69) is 59.4 Å². The number of ether oxygens (including phenoxy) is 1. The Morgan fingerprint density at radius 3 is 2.35 bits per heavy atom. The van der Waals surface area contributed by atoms with Crippen LogP contribution in [0.3, 0.4) is 0 Å². The lowest BCUT2D eigenvalue weighted by Crippen LogP contribution is -2.22. The molecule has 0 aliphatic heterocycles. The van der Waals surface area contributed by atoms with Gasteiger partial charge in [-0.2, -0.15) is 0 Å². The molecule has 2 aromatic carbocycles. The van der Waals surface area contributed by atoms with E-state index in [1.165, 1.54) is 11.1 Å². The van der Waals surface area contributed by atoms with Crippen molar-refractivity contribution in [3.63, 3.8) is 0 Å². The Labute approximate surface area is 129 Å². The lowest BCUT2D eigenvalue weighted by molar-refractivity contribution is 0.302. The van der Waals surface area contributed by atoms with Crippen LogP contribution in [0.1, 0.15) is 25.0 Å². The van der Waals surface area contributed by atoms with Gasteiger partial charge in [0.1, 0.15) is 12.4 Å². The van der Waals surface area contributed by atoms with Crippen LogP contribution in [-0.2, 0) is 13.2 Å². The Balaban J connectivity index is 2.04. The van der Waals surface area contributed by atoms with Crippen molar-refractivity contribution in [3.8, 4) is 5.75 Å². The smallest absolute Gasteiger partial charge is 0.133 e. The minimum Gasteiger partial charge on any atom is -0.488 e. The molecule has 2 nitrogen and oxygen atoms in total. The van der Waals surface area contributed by atoms with E-state index in [4.69, 9.17) is 4.74 Å². The molecule has 0 saturated carbocycles. The molecule has 0 fully saturated rings. The fourth-order valence-corrected chi connectivity index (χ4v) is 2.30. The van der Waals surface area contributed by atoms with Gasteiger partial charge in [-0.05, 0) is 39.2 Å². The van der Waals surface area contributed by atoms with E-state index >= 15 is 0 Å². The van der Waals surface area contributed by atoms with Gasteiger partial charge in [0.15, 0.2) is 0 Å². The first kappa shape index (κ1) is 15.1. The zero-order chi connectivity index (χ0) is 14.4. The molecule has 0 unspecified atom stereocenters. The van der Waals surface area contributed by atoms with Gasteiger partial charge >= 0.3 is 0 Å². The van der Waals surface area contributed by atoms with Crippen LogP contribution in [0, 0.1) is 0 Å². The Morgan fingerprint density at radius 1 is 1.00 bits per heavy atom. The van der Waals surface area contributed by atoms with Crippen molar-refractivity contribution in [3.05, 3.63) is 64.1 Å². The number of hydrogen-bond donors (Lipinski definition) is 1. The number of para-hydroxylation sites is 1. The molecule has 0 saturated heterocycles. The van der Waals surface area contributed by atoms with Crippen LogP contribution >= 0.6 is 15.9 Å². The van der Waals surface area contributed by atoms with E-state index in [0.717, 1.165) is 16.8 Å². The average molecular weight is 334 g/mol. The first-order valence-corrected chi connectivity index (χ1v) is 7.63. The molecular weight excluding hydrogens is 314 g/mol. The first-order valence-electron chi connectivity index (χ1n) is 6.84. The van der Waals surface area contributed by atoms with Crippen LogP contribution in [0.4, 0.5) is 0 Å². The second-order valence-corrected chi connectivity index (χ2v) is 5.88. The van der Waals surface area contributed by atoms with Crippen molar-refractivity contribution in [2.45, 2.75) is 33.0 Å². The van der Waals surface area contributed by atoms with E-state index < -0.39 is 0 Å². The summed E-state index contributed by atoms with van der Waals surface area (Å²) < 4.78 is 6.88. The summed E-state index contributed by atoms with van der Waals surface area (Å²) in [6, 6.07) is 16.8. The quantitative estimate of drug-likeness (QED) is 0.838. The third-order valence-electron chi connectivity index (χ3n) is 3.04. The maximum atomic E-state index is 5.90. The third kappa shape index (κ3) is 4.36. The summed E-state index contributed by atoms with van der Waals surface area (Å²) in [5, 5.41) is 3.45. The average Bonchev–Trinajstić information content (AvgIpc) is 2.45. The monoisotopic (exact) mass is 333 g/mol. The van der Waals surface area contributed by atoms with E-state index in [9.17, 15) is 0 Å². The molecule has 2 rings (SSSR count). The fraction of sp³-hybridized carbons (Fsp3) is 0.294. The van der Waals surface area contributed by atoms with Gasteiger partial charge in [0.05, 0.1) is 4.47 Å². The summed E-state index contributed by atoms with van der Waals surface area (Å²) >= 11 is 3.50. The van der Waals surface area contributed by atoms with Gasteiger partial charge in [-0.15, -0.1) is 0 Å². The van der Waals surface area contributed by atoms with Gasteiger partial charge in [-0.3, -0.25) is 0 Å². The lowest BCUT2D eigenvalue weighted by Gasteiger charge is -2.14. The van der Waals surface area contributed by atoms with Gasteiger partial charge in [-0.25, -0.2) is 0 Å². The number of nitrogens with one attached hydrogen (secondary N) is 1. The van der Waals surface area contributed by atoms with Crippen molar-refractivity contribution < 1.29 is 4.74 Å². The summed E-state index contributed by atoms with van der Waals surface area (Å²) in [7, 11) is 0. The van der Waals surface area contributed by atoms with Crippen LogP contribution in [-0.4, -0.2) is 6.04 Å². The Hall–Kier alpha value is -1.32. The zero-order valence-electron chi connectivity index (χ0n) is 11.9. The second kappa shape index (κ2) is 7.46. The molecule has 106 valence electrons. The third-order valence-corrected chi connectivity index (χ3v) is 3.69. The highest BCUT2D eigenvalue weighted by atomic mass is 79.9. The van der Waals surface area contributed by atoms with Gasteiger partial charge < -0.3 is 10.1 Å². The van der Waals surface area contributed by atoms with Crippen LogP contribution in [0.15, 0.2) is 53.0 Å². The van der Waals surface area contributed by atoms with Crippen LogP contribution in [0.25, 0.3) is 0 Å². The standard InChI is InChI=1S/C17H20BrNO/c1-13(2)19-11-14-7-3-4-8-15(14)12-20-17-10-6-5-9-16(17)18/h3-10,13,19H,11-12H2,1-2H3. The number of rotatable bonds is 6. The largest absolute Gasteiger partial charge is 0.488 e. The number of hydrogen-bond acceptors (Lipinski definition) is 2. The van der Waals surface area contributed by atoms with Crippen LogP contribution in [0.2, 0.25) is 0 Å². The van der Waals surface area contributed by atoms with Crippen molar-refractivity contribution in [2.75, 3.05) is 0 Å². The SMILES string of the molecule is CC(C)NCc1ccccc1COc1ccccc1Br. The molecule has 0 amide bonds. The minimum absolute atomic E-state index is 0.479. The van der Waals surface area contributed by atoms with Gasteiger partial charge in [0, 0.05) is 12.6 Å². The predicted octanol–water partition coefficient (Wildman–Crippen LogP) is 4.53. The molecule has 3 heteroatoms. The molecule has 0 heterocycles. The first-order chi connectivity index (χ1) is 9.66. The number of halogens is 1. The lowest BCUT2D eigenvalue weighted by atomic mass is 10.1. The van der Waals surface area contributed by atoms with Crippen molar-refractivity contribution >= 4 is 15.9 Å². The van der Waals surface area contributed by atoms with Gasteiger partial charge in [0.2, 0.25) is 0 Å². The van der Waals surface area contributed by atoms with Crippen molar-refractivity contribution in [1.29, 1.82) is 0 Å². The van der Waals surface area contributed by atoms with Gasteiger partial charge in [-0.1, -0.05) is 50.2 Å². The summed E-state index contributed by atoms with van der Waals surface area (Å²) in [5.74, 6) is 0.874. The van der Waals surface area contributed by atoms with Crippen LogP contribution < -0.4 is 10.1 Å². The molecule has 0 bridgehead atoms. The van der Waals surface area contributed by atoms with Gasteiger partial charge in [0.25, 0.3) is 0 Å². The maximum absolute atomic E-state index is 5.90. The van der Waals surface area contributed by atoms with Crippen molar-refractivity contribution in [1.82, 2.24) is 5.32 Å². The molecule has 0 aliphatic carbocycles. The molecule has 0 aliphatic rings. The predicted molar refractivity (Wildman–Crippen MR) is 86.9 cm³/mol. The molecule has 0 radical (unpaired) electrons. The van der Waals surface area contributed by atoms with E-state index in [1.54, 1.807) is 0 Å². The molecule has 0 spiro atoms. The number of benzene rings is 2. The van der Waals surface area contributed by atoms with Crippen molar-refractivity contribution in [2.24, 2.45) is 0 Å². The summed E-state index contributed by atoms with van der Waals surface area (Å²) in [5.41, 5.74) is 2.50. The molecule has 2 aromatic rings. The fourth-order valence-electron chi connectivity index (χ4n) is 1.90. The van der Waals surface area contributed by atoms with E-state index in [1.807, 2.05) is 24.3 Å². The molecule has 20 heavy (non-hydrogen) atoms. The molecular formula is C17H20BrNO. The Kier molecular flexibility index (Phi) is 5.62. The topological polar surface area (TPSA) is 21.3 Å². The normalized spacial score (nSPS) is 10.8. The Bertz CT molecular complexity index is 554. The summed E-state index contributed by atoms with van der Waals surface area (Å²) in [6.45, 7) is 5.76. The highest BCUT2D eigenvalue weighted by Gasteiger charge is 2.05. The minimum atomic E-state index is 0.479. The molecule has 0 aromatic heterocycles. The Morgan fingerprint density at radius 2 is 1.65 bits per heavy atom. The van der Waals surface area contributed by atoms with E-state index in [-0.39, 0.29) is 0 Å². The summed E-state index contributed by atoms with van der Waals surface area (Å²) in [6.07, 6.45) is 0. The molecule has 1 N–H and O–H groups in total. The van der Waals surface area contributed by atoms with E-state index in [0.29, 0.717) is 12.6 Å². The molecule has 0 atom stereocenters. The highest BCUT2D eigenvalue weighted by molar-refractivity contribution is 9.10. The maximum Gasteiger partial charge on any atom is 0.133 e.